The van der Waals surface area contributed by atoms with Gasteiger partial charge < -0.3 is 19.7 Å². The van der Waals surface area contributed by atoms with E-state index in [1.807, 2.05) is 13.8 Å². The minimum absolute atomic E-state index is 0.0367. The fraction of sp³-hybridized carbons (Fsp3) is 0.400. The van der Waals surface area contributed by atoms with Gasteiger partial charge in [0.15, 0.2) is 23.0 Å². The van der Waals surface area contributed by atoms with Gasteiger partial charge in [-0.05, 0) is 41.3 Å². The maximum atomic E-state index is 13.9. The van der Waals surface area contributed by atoms with Crippen LogP contribution in [0, 0.1) is 11.8 Å². The monoisotopic (exact) mass is 348 g/mol. The van der Waals surface area contributed by atoms with Crippen LogP contribution in [-0.4, -0.2) is 31.1 Å². The van der Waals surface area contributed by atoms with Crippen molar-refractivity contribution in [1.82, 2.24) is 0 Å². The summed E-state index contributed by atoms with van der Waals surface area (Å²) in [6, 6.07) is 10.1. The van der Waals surface area contributed by atoms with Gasteiger partial charge in [0.25, 0.3) is 0 Å². The molecule has 0 saturated heterocycles. The Morgan fingerprint density at radius 1 is 0.880 bits per heavy atom. The van der Waals surface area contributed by atoms with Crippen molar-refractivity contribution in [1.29, 1.82) is 0 Å². The lowest BCUT2D eigenvalue weighted by Gasteiger charge is -2.29. The average molecular weight is 348 g/mol. The lowest BCUT2D eigenvalue weighted by Crippen LogP contribution is -2.22. The van der Waals surface area contributed by atoms with E-state index in [0.717, 1.165) is 11.1 Å². The minimum atomic E-state index is -0.491. The van der Waals surface area contributed by atoms with E-state index in [2.05, 4.69) is 0 Å². The zero-order valence-electron chi connectivity index (χ0n) is 15.0. The van der Waals surface area contributed by atoms with Crippen molar-refractivity contribution in [2.75, 3.05) is 20.9 Å². The molecule has 0 aliphatic carbocycles. The number of ether oxygens (including phenoxy) is 2. The largest absolute Gasteiger partial charge is 0.504 e. The summed E-state index contributed by atoms with van der Waals surface area (Å²) in [6.45, 7) is 3.47. The van der Waals surface area contributed by atoms with Crippen molar-refractivity contribution in [3.05, 3.63) is 47.5 Å². The van der Waals surface area contributed by atoms with Crippen molar-refractivity contribution in [2.24, 2.45) is 11.8 Å². The molecule has 0 fully saturated rings. The van der Waals surface area contributed by atoms with Crippen LogP contribution in [-0.2, 0) is 0 Å². The predicted molar refractivity (Wildman–Crippen MR) is 95.5 cm³/mol. The fourth-order valence-corrected chi connectivity index (χ4v) is 3.11. The van der Waals surface area contributed by atoms with E-state index in [1.165, 1.54) is 14.2 Å². The molecule has 25 heavy (non-hydrogen) atoms. The number of hydrogen-bond acceptors (Lipinski definition) is 4. The molecule has 2 N–H and O–H groups in total. The Hall–Kier alpha value is -2.43. The summed E-state index contributed by atoms with van der Waals surface area (Å²) >= 11 is 0. The van der Waals surface area contributed by atoms with Crippen LogP contribution in [0.3, 0.4) is 0 Å². The molecule has 2 aromatic rings. The Bertz CT molecular complexity index is 661. The van der Waals surface area contributed by atoms with Crippen LogP contribution in [0.25, 0.3) is 0 Å². The van der Waals surface area contributed by atoms with E-state index in [1.54, 1.807) is 36.4 Å². The van der Waals surface area contributed by atoms with Gasteiger partial charge in [-0.15, -0.1) is 0 Å². The molecule has 0 aromatic heterocycles. The first-order valence-corrected chi connectivity index (χ1v) is 8.22. The van der Waals surface area contributed by atoms with Crippen LogP contribution < -0.4 is 9.47 Å². The number of benzene rings is 2. The van der Waals surface area contributed by atoms with Gasteiger partial charge in [-0.1, -0.05) is 26.0 Å². The first-order chi connectivity index (χ1) is 11.9. The molecule has 0 aliphatic rings. The van der Waals surface area contributed by atoms with Crippen LogP contribution in [0.1, 0.15) is 30.9 Å². The van der Waals surface area contributed by atoms with Crippen LogP contribution >= 0.6 is 0 Å². The van der Waals surface area contributed by atoms with E-state index in [-0.39, 0.29) is 29.3 Å². The molecule has 0 radical (unpaired) electrons. The van der Waals surface area contributed by atoms with E-state index in [4.69, 9.17) is 9.47 Å². The molecular weight excluding hydrogens is 323 g/mol. The first-order valence-electron chi connectivity index (χ1n) is 8.22. The third-order valence-corrected chi connectivity index (χ3v) is 4.59. The summed E-state index contributed by atoms with van der Waals surface area (Å²) in [7, 11) is 2.96. The fourth-order valence-electron chi connectivity index (χ4n) is 3.11. The van der Waals surface area contributed by atoms with Gasteiger partial charge in [0.05, 0.1) is 20.9 Å². The molecule has 5 heteroatoms. The molecule has 0 saturated carbocycles. The molecule has 2 rings (SSSR count). The van der Waals surface area contributed by atoms with E-state index < -0.39 is 6.67 Å². The Balaban J connectivity index is 2.61. The second kappa shape index (κ2) is 8.10. The smallest absolute Gasteiger partial charge is 0.160 e. The summed E-state index contributed by atoms with van der Waals surface area (Å²) in [4.78, 5) is 0. The van der Waals surface area contributed by atoms with Crippen molar-refractivity contribution in [3.63, 3.8) is 0 Å². The third-order valence-electron chi connectivity index (χ3n) is 4.59. The van der Waals surface area contributed by atoms with Crippen LogP contribution in [0.2, 0.25) is 0 Å². The highest BCUT2D eigenvalue weighted by atomic mass is 19.1. The number of hydrogen-bond donors (Lipinski definition) is 2. The zero-order valence-corrected chi connectivity index (χ0v) is 15.0. The summed E-state index contributed by atoms with van der Waals surface area (Å²) < 4.78 is 24.3. The first kappa shape index (κ1) is 18.9. The molecule has 0 aliphatic heterocycles. The summed E-state index contributed by atoms with van der Waals surface area (Å²) in [6.07, 6.45) is 0. The molecule has 0 heterocycles. The zero-order chi connectivity index (χ0) is 18.6. The van der Waals surface area contributed by atoms with Crippen molar-refractivity contribution >= 4 is 0 Å². The van der Waals surface area contributed by atoms with Crippen molar-refractivity contribution < 1.29 is 24.1 Å². The number of alkyl halides is 1. The van der Waals surface area contributed by atoms with Gasteiger partial charge in [0.1, 0.15) is 0 Å². The summed E-state index contributed by atoms with van der Waals surface area (Å²) in [5.74, 6) is 0.306. The molecule has 0 unspecified atom stereocenters. The molecule has 136 valence electrons. The normalized spacial score (nSPS) is 12.4. The lowest BCUT2D eigenvalue weighted by atomic mass is 9.76. The maximum Gasteiger partial charge on any atom is 0.160 e. The van der Waals surface area contributed by atoms with Crippen LogP contribution in [0.4, 0.5) is 4.39 Å². The molecular formula is C20H25FO4. The number of halogens is 1. The van der Waals surface area contributed by atoms with Gasteiger partial charge in [0.2, 0.25) is 0 Å². The standard InChI is InChI=1S/C20H25FO4/c1-12(2)15(11-21)20(13-5-7-16(22)18(9-13)24-3)14-6-8-17(23)19(10-14)25-4/h5-10,12,15,20,22-23H,11H2,1-4H3/t15-/m1/s1. The van der Waals surface area contributed by atoms with Gasteiger partial charge in [0, 0.05) is 11.8 Å². The highest BCUT2D eigenvalue weighted by Crippen LogP contribution is 2.42. The molecule has 0 amide bonds. The van der Waals surface area contributed by atoms with E-state index >= 15 is 0 Å². The summed E-state index contributed by atoms with van der Waals surface area (Å²) in [5, 5.41) is 19.7. The second-order valence-corrected chi connectivity index (χ2v) is 6.40. The number of rotatable bonds is 7. The van der Waals surface area contributed by atoms with Gasteiger partial charge in [-0.3, -0.25) is 4.39 Å². The highest BCUT2D eigenvalue weighted by molar-refractivity contribution is 5.49. The number of methoxy groups -OCH3 is 2. The molecule has 0 spiro atoms. The predicted octanol–water partition coefficient (Wildman–Crippen LogP) is 4.49. The van der Waals surface area contributed by atoms with Gasteiger partial charge in [-0.25, -0.2) is 0 Å². The average Bonchev–Trinajstić information content (AvgIpc) is 2.60. The molecule has 4 nitrogen and oxygen atoms in total. The van der Waals surface area contributed by atoms with Gasteiger partial charge in [-0.2, -0.15) is 0 Å². The summed E-state index contributed by atoms with van der Waals surface area (Å²) in [5.41, 5.74) is 1.66. The SMILES string of the molecule is COc1cc(C(c2ccc(O)c(OC)c2)[C@H](CF)C(C)C)ccc1O. The van der Waals surface area contributed by atoms with Crippen molar-refractivity contribution in [3.8, 4) is 23.0 Å². The molecule has 1 atom stereocenters. The third kappa shape index (κ3) is 3.98. The van der Waals surface area contributed by atoms with Crippen molar-refractivity contribution in [2.45, 2.75) is 19.8 Å². The van der Waals surface area contributed by atoms with E-state index in [0.29, 0.717) is 11.5 Å². The van der Waals surface area contributed by atoms with Crippen LogP contribution in [0.5, 0.6) is 23.0 Å². The Morgan fingerprint density at radius 2 is 1.32 bits per heavy atom. The topological polar surface area (TPSA) is 58.9 Å². The number of phenols is 2. The van der Waals surface area contributed by atoms with Crippen LogP contribution in [0.15, 0.2) is 36.4 Å². The van der Waals surface area contributed by atoms with E-state index in [9.17, 15) is 14.6 Å². The lowest BCUT2D eigenvalue weighted by molar-refractivity contribution is 0.262. The highest BCUT2D eigenvalue weighted by Gasteiger charge is 2.29. The second-order valence-electron chi connectivity index (χ2n) is 6.40. The Kier molecular flexibility index (Phi) is 6.12. The number of phenolic OH excluding ortho intramolecular Hbond substituents is 2. The molecule has 0 bridgehead atoms. The maximum absolute atomic E-state index is 13.9. The quantitative estimate of drug-likeness (QED) is 0.774. The Morgan fingerprint density at radius 3 is 1.64 bits per heavy atom. The minimum Gasteiger partial charge on any atom is -0.504 e. The molecule has 2 aromatic carbocycles. The Labute approximate surface area is 147 Å². The van der Waals surface area contributed by atoms with Gasteiger partial charge >= 0.3 is 0 Å². The number of aromatic hydroxyl groups is 2.